The van der Waals surface area contributed by atoms with Gasteiger partial charge in [0.15, 0.2) is 14.3 Å². The molecule has 3 atom stereocenters. The molecule has 0 fully saturated rings. The predicted molar refractivity (Wildman–Crippen MR) is 313 cm³/mol. The Labute approximate surface area is 432 Å². The van der Waals surface area contributed by atoms with Crippen LogP contribution in [0.5, 0.6) is 0 Å². The molecule has 0 radical (unpaired) electrons. The van der Waals surface area contributed by atoms with E-state index in [0.717, 1.165) is 95.9 Å². The number of allylic oxidation sites excluding steroid dienone is 11. The lowest BCUT2D eigenvalue weighted by molar-refractivity contribution is 0.505. The second-order valence-corrected chi connectivity index (χ2v) is 24.9. The van der Waals surface area contributed by atoms with Crippen LogP contribution in [0.25, 0.3) is 27.8 Å². The minimum Gasteiger partial charge on any atom is -0.309 e. The van der Waals surface area contributed by atoms with Crippen LogP contribution in [0.15, 0.2) is 255 Å². The van der Waals surface area contributed by atoms with Crippen LogP contribution < -0.4 is 31.8 Å². The summed E-state index contributed by atoms with van der Waals surface area (Å²) in [6, 6.07) is 67.8. The maximum absolute atomic E-state index is 15.2. The van der Waals surface area contributed by atoms with E-state index < -0.39 is 14.3 Å². The summed E-state index contributed by atoms with van der Waals surface area (Å²) >= 11 is 0. The Morgan fingerprint density at radius 2 is 1.18 bits per heavy atom. The topological polar surface area (TPSA) is 47.0 Å². The van der Waals surface area contributed by atoms with Crippen LogP contribution in [0, 0.1) is 12.8 Å². The predicted octanol–water partition coefficient (Wildman–Crippen LogP) is 15.2. The summed E-state index contributed by atoms with van der Waals surface area (Å²) in [5, 5.41) is 5.02. The van der Waals surface area contributed by atoms with Crippen molar-refractivity contribution in [3.63, 3.8) is 0 Å². The number of aryl methyl sites for hydroxylation is 1. The second kappa shape index (κ2) is 21.7. The quantitative estimate of drug-likeness (QED) is 0.0806. The van der Waals surface area contributed by atoms with E-state index in [9.17, 15) is 0 Å². The summed E-state index contributed by atoms with van der Waals surface area (Å²) in [4.78, 5) is 5.40. The van der Waals surface area contributed by atoms with Gasteiger partial charge < -0.3 is 9.13 Å². The molecule has 0 N–H and O–H groups in total. The maximum Gasteiger partial charge on any atom is 0.171 e. The molecular formula is C68H61NO2P2. The van der Waals surface area contributed by atoms with Gasteiger partial charge in [0.25, 0.3) is 0 Å². The van der Waals surface area contributed by atoms with Crippen molar-refractivity contribution < 1.29 is 9.13 Å². The molecule has 0 saturated carbocycles. The number of rotatable bonds is 14. The van der Waals surface area contributed by atoms with E-state index in [2.05, 4.69) is 155 Å². The first-order valence-corrected chi connectivity index (χ1v) is 28.9. The monoisotopic (exact) mass is 985 g/mol. The summed E-state index contributed by atoms with van der Waals surface area (Å²) in [6.45, 7) is 11.1. The summed E-state index contributed by atoms with van der Waals surface area (Å²) < 4.78 is 30.4. The van der Waals surface area contributed by atoms with Crippen LogP contribution in [0.1, 0.15) is 78.6 Å². The fraction of sp³-hybridized carbons (Fsp3) is 0.132. The lowest BCUT2D eigenvalue weighted by atomic mass is 9.74. The number of nitrogens with zero attached hydrogens (tertiary/aromatic N) is 1. The van der Waals surface area contributed by atoms with Crippen LogP contribution in [-0.2, 0) is 9.13 Å². The van der Waals surface area contributed by atoms with E-state index >= 15 is 9.13 Å². The van der Waals surface area contributed by atoms with E-state index in [1.807, 2.05) is 121 Å². The average molecular weight is 986 g/mol. The Balaban J connectivity index is 0.941. The molecular weight excluding hydrogens is 925 g/mol. The van der Waals surface area contributed by atoms with Crippen molar-refractivity contribution in [1.29, 1.82) is 0 Å². The highest BCUT2D eigenvalue weighted by atomic mass is 31.2. The number of pyridine rings is 1. The lowest BCUT2D eigenvalue weighted by Gasteiger charge is -2.31. The van der Waals surface area contributed by atoms with Gasteiger partial charge in [-0.2, -0.15) is 0 Å². The van der Waals surface area contributed by atoms with Crippen molar-refractivity contribution in [3.8, 4) is 11.1 Å². The van der Waals surface area contributed by atoms with Gasteiger partial charge in [0, 0.05) is 37.7 Å². The Morgan fingerprint density at radius 3 is 1.74 bits per heavy atom. The van der Waals surface area contributed by atoms with Gasteiger partial charge in [-0.05, 0) is 113 Å². The van der Waals surface area contributed by atoms with Gasteiger partial charge >= 0.3 is 0 Å². The van der Waals surface area contributed by atoms with E-state index in [1.54, 1.807) is 0 Å². The molecule has 8 aromatic rings. The number of hydrogen-bond donors (Lipinski definition) is 0. The van der Waals surface area contributed by atoms with E-state index in [1.165, 1.54) is 16.7 Å². The first-order chi connectivity index (χ1) is 35.6. The SMILES string of the molecule is C=C(/C=C\C=C(/C)c1ccc(P(=O)(c2ccccc2)c2ccccc2)c(C)c1)c1cc(-c2ccc(C3C=CC=CC3)cc2)cc(C2=CCCC(c3ccc(P(=O)(c4ccccc4)c4ccccc4)cc3)C2C)n1. The smallest absolute Gasteiger partial charge is 0.171 e. The minimum absolute atomic E-state index is 0.178. The van der Waals surface area contributed by atoms with Gasteiger partial charge in [0.05, 0.1) is 11.4 Å². The third-order valence-corrected chi connectivity index (χ3v) is 21.1. The summed E-state index contributed by atoms with van der Waals surface area (Å²) in [5.41, 5.74) is 11.8. The number of benzene rings is 7. The van der Waals surface area contributed by atoms with E-state index in [0.29, 0.717) is 5.92 Å². The normalized spacial score (nSPS) is 17.1. The Hall–Kier alpha value is -7.41. The average Bonchev–Trinajstić information content (AvgIpc) is 3.45. The molecule has 2 aliphatic carbocycles. The van der Waals surface area contributed by atoms with Crippen LogP contribution in [0.4, 0.5) is 0 Å². The molecule has 0 saturated heterocycles. The second-order valence-electron chi connectivity index (χ2n) is 19.4. The molecule has 0 bridgehead atoms. The molecule has 0 amide bonds. The number of aromatic nitrogens is 1. The summed E-state index contributed by atoms with van der Waals surface area (Å²) in [6.07, 6.45) is 20.3. The van der Waals surface area contributed by atoms with Gasteiger partial charge in [-0.15, -0.1) is 0 Å². The molecule has 0 aliphatic heterocycles. The first-order valence-electron chi connectivity index (χ1n) is 25.5. The third kappa shape index (κ3) is 10.2. The summed E-state index contributed by atoms with van der Waals surface area (Å²) in [5.74, 6) is 0.807. The Kier molecular flexibility index (Phi) is 14.7. The molecule has 10 rings (SSSR count). The van der Waals surface area contributed by atoms with Gasteiger partial charge in [-0.25, -0.2) is 4.98 Å². The molecule has 73 heavy (non-hydrogen) atoms. The molecule has 1 aromatic heterocycles. The van der Waals surface area contributed by atoms with Crippen LogP contribution in [0.3, 0.4) is 0 Å². The van der Waals surface area contributed by atoms with Crippen LogP contribution in [-0.4, -0.2) is 4.98 Å². The van der Waals surface area contributed by atoms with E-state index in [4.69, 9.17) is 4.98 Å². The fourth-order valence-corrected chi connectivity index (χ4v) is 16.3. The minimum atomic E-state index is -3.10. The largest absolute Gasteiger partial charge is 0.309 e. The Morgan fingerprint density at radius 1 is 0.616 bits per heavy atom. The highest BCUT2D eigenvalue weighted by molar-refractivity contribution is 7.85. The standard InChI is InChI=1S/C68H61NO2P2/c1-49(57-42-45-68(51(3)46-57)73(71,61-30-16-8-17-31-61)62-32-18-9-19-33-62)22-20-23-50(2)66-47-58(55-38-36-54(37-39-55)53-24-10-5-11-25-53)48-67(69-66)65-35-21-34-64(52(65)4)56-40-43-63(44-41-56)72(70,59-26-12-6-13-27-59)60-28-14-7-15-29-60/h5-20,22-24,26-33,35-48,52-53,64H,2,21,25,34H2,1,3-4H3/b23-20-,49-22+. The molecule has 3 nitrogen and oxygen atoms in total. The highest BCUT2D eigenvalue weighted by Crippen LogP contribution is 2.46. The molecule has 2 aliphatic rings. The summed E-state index contributed by atoms with van der Waals surface area (Å²) in [7, 11) is -6.19. The van der Waals surface area contributed by atoms with Gasteiger partial charge in [0.1, 0.15) is 0 Å². The van der Waals surface area contributed by atoms with Crippen molar-refractivity contribution in [2.45, 2.75) is 51.9 Å². The molecule has 3 unspecified atom stereocenters. The van der Waals surface area contributed by atoms with Gasteiger partial charge in [-0.1, -0.05) is 244 Å². The van der Waals surface area contributed by atoms with Gasteiger partial charge in [-0.3, -0.25) is 0 Å². The van der Waals surface area contributed by atoms with Crippen LogP contribution >= 0.6 is 14.3 Å². The van der Waals surface area contributed by atoms with E-state index in [-0.39, 0.29) is 11.8 Å². The maximum atomic E-state index is 15.2. The first kappa shape index (κ1) is 49.2. The number of hydrogen-bond acceptors (Lipinski definition) is 3. The zero-order valence-electron chi connectivity index (χ0n) is 41.9. The molecule has 7 aromatic carbocycles. The van der Waals surface area contributed by atoms with Crippen molar-refractivity contribution >= 4 is 62.8 Å². The molecule has 360 valence electrons. The Bertz CT molecular complexity index is 3430. The molecule has 1 heterocycles. The zero-order chi connectivity index (χ0) is 50.4. The van der Waals surface area contributed by atoms with Crippen molar-refractivity contribution in [1.82, 2.24) is 4.98 Å². The van der Waals surface area contributed by atoms with Crippen molar-refractivity contribution in [2.24, 2.45) is 5.92 Å². The van der Waals surface area contributed by atoms with Crippen molar-refractivity contribution in [2.75, 3.05) is 0 Å². The molecule has 0 spiro atoms. The molecule has 5 heteroatoms. The lowest BCUT2D eigenvalue weighted by Crippen LogP contribution is -2.26. The zero-order valence-corrected chi connectivity index (χ0v) is 43.7. The van der Waals surface area contributed by atoms with Crippen molar-refractivity contribution in [3.05, 3.63) is 289 Å². The van der Waals surface area contributed by atoms with Crippen LogP contribution in [0.2, 0.25) is 0 Å². The highest BCUT2D eigenvalue weighted by Gasteiger charge is 2.33. The third-order valence-electron chi connectivity index (χ3n) is 14.8. The fourth-order valence-electron chi connectivity index (χ4n) is 10.7. The van der Waals surface area contributed by atoms with Gasteiger partial charge in [0.2, 0.25) is 0 Å².